The van der Waals surface area contributed by atoms with Crippen molar-refractivity contribution >= 4 is 24.2 Å². The van der Waals surface area contributed by atoms with E-state index in [0.717, 1.165) is 35.7 Å². The Bertz CT molecular complexity index is 1190. The van der Waals surface area contributed by atoms with Gasteiger partial charge in [-0.2, -0.15) is 0 Å². The number of benzene rings is 1. The van der Waals surface area contributed by atoms with E-state index in [9.17, 15) is 5.11 Å². The number of methoxy groups -OCH3 is 3. The average Bonchev–Trinajstić information content (AvgIpc) is 2.91. The van der Waals surface area contributed by atoms with E-state index >= 15 is 0 Å². The molecular formula is C29H35BN2O4. The van der Waals surface area contributed by atoms with Crippen molar-refractivity contribution in [3.05, 3.63) is 60.3 Å². The lowest BCUT2D eigenvalue weighted by atomic mass is 9.70. The fraction of sp³-hybridized carbons (Fsp3) is 0.448. The summed E-state index contributed by atoms with van der Waals surface area (Å²) in [6.07, 6.45) is 8.70. The minimum atomic E-state index is -1.40. The van der Waals surface area contributed by atoms with Crippen molar-refractivity contribution in [2.45, 2.75) is 56.5 Å². The topological polar surface area (TPSA) is 73.7 Å². The highest BCUT2D eigenvalue weighted by Crippen LogP contribution is 2.48. The van der Waals surface area contributed by atoms with E-state index in [1.54, 1.807) is 39.5 Å². The van der Waals surface area contributed by atoms with Gasteiger partial charge in [-0.15, -0.1) is 6.58 Å². The lowest BCUT2D eigenvalue weighted by molar-refractivity contribution is -0.00567. The Morgan fingerprint density at radius 3 is 2.50 bits per heavy atom. The first-order chi connectivity index (χ1) is 17.4. The molecule has 0 saturated heterocycles. The summed E-state index contributed by atoms with van der Waals surface area (Å²) in [5.41, 5.74) is 1.34. The molecule has 7 heteroatoms. The number of pyridine rings is 2. The van der Waals surface area contributed by atoms with E-state index in [1.807, 2.05) is 18.2 Å². The summed E-state index contributed by atoms with van der Waals surface area (Å²) >= 11 is 0. The molecule has 1 aliphatic rings. The fourth-order valence-electron chi connectivity index (χ4n) is 5.51. The molecule has 1 aliphatic carbocycles. The molecule has 2 radical (unpaired) electrons. The van der Waals surface area contributed by atoms with Gasteiger partial charge in [0.25, 0.3) is 0 Å². The SMILES string of the molecule is [B]c1ccc2nc(OC)c(C(CC3CCCCC3)C(O)(CC=C)c3cc(OC)cc(OC)n3)cc2c1. The number of rotatable bonds is 10. The molecule has 188 valence electrons. The Kier molecular flexibility index (Phi) is 8.19. The lowest BCUT2D eigenvalue weighted by Gasteiger charge is -2.39. The molecule has 36 heavy (non-hydrogen) atoms. The van der Waals surface area contributed by atoms with Gasteiger partial charge in [-0.05, 0) is 24.5 Å². The molecule has 4 rings (SSSR count). The molecule has 1 saturated carbocycles. The Morgan fingerprint density at radius 2 is 1.83 bits per heavy atom. The van der Waals surface area contributed by atoms with E-state index in [0.29, 0.717) is 34.6 Å². The van der Waals surface area contributed by atoms with Crippen molar-refractivity contribution in [1.29, 1.82) is 0 Å². The monoisotopic (exact) mass is 486 g/mol. The summed E-state index contributed by atoms with van der Waals surface area (Å²) in [7, 11) is 10.9. The second-order valence-corrected chi connectivity index (χ2v) is 9.68. The van der Waals surface area contributed by atoms with Crippen molar-refractivity contribution in [3.63, 3.8) is 0 Å². The van der Waals surface area contributed by atoms with Crippen LogP contribution >= 0.6 is 0 Å². The summed E-state index contributed by atoms with van der Waals surface area (Å²) in [4.78, 5) is 9.48. The number of hydrogen-bond donors (Lipinski definition) is 1. The average molecular weight is 486 g/mol. The van der Waals surface area contributed by atoms with E-state index in [4.69, 9.17) is 27.0 Å². The predicted molar refractivity (Wildman–Crippen MR) is 144 cm³/mol. The minimum absolute atomic E-state index is 0.284. The van der Waals surface area contributed by atoms with Gasteiger partial charge in [0, 0.05) is 35.4 Å². The van der Waals surface area contributed by atoms with Crippen LogP contribution in [0.2, 0.25) is 0 Å². The van der Waals surface area contributed by atoms with Gasteiger partial charge in [0.1, 0.15) is 19.2 Å². The highest BCUT2D eigenvalue weighted by atomic mass is 16.5. The maximum atomic E-state index is 12.6. The first-order valence-corrected chi connectivity index (χ1v) is 12.6. The van der Waals surface area contributed by atoms with Crippen LogP contribution in [0.1, 0.15) is 62.1 Å². The van der Waals surface area contributed by atoms with E-state index in [-0.39, 0.29) is 12.3 Å². The van der Waals surface area contributed by atoms with Crippen molar-refractivity contribution in [2.24, 2.45) is 5.92 Å². The van der Waals surface area contributed by atoms with Gasteiger partial charge in [-0.3, -0.25) is 0 Å². The fourth-order valence-corrected chi connectivity index (χ4v) is 5.51. The van der Waals surface area contributed by atoms with Crippen LogP contribution in [-0.2, 0) is 5.60 Å². The summed E-state index contributed by atoms with van der Waals surface area (Å²) in [6.45, 7) is 3.97. The van der Waals surface area contributed by atoms with Gasteiger partial charge in [0.2, 0.25) is 11.8 Å². The highest BCUT2D eigenvalue weighted by molar-refractivity contribution is 6.33. The molecule has 3 aromatic rings. The Labute approximate surface area is 215 Å². The minimum Gasteiger partial charge on any atom is -0.496 e. The second kappa shape index (κ2) is 11.3. The molecule has 0 amide bonds. The molecule has 0 aliphatic heterocycles. The summed E-state index contributed by atoms with van der Waals surface area (Å²) in [5.74, 6) is 1.53. The van der Waals surface area contributed by atoms with Gasteiger partial charge in [0.15, 0.2) is 0 Å². The Balaban J connectivity index is 1.94. The van der Waals surface area contributed by atoms with Gasteiger partial charge in [-0.1, -0.05) is 55.8 Å². The molecule has 6 nitrogen and oxygen atoms in total. The van der Waals surface area contributed by atoms with E-state index in [2.05, 4.69) is 17.6 Å². The van der Waals surface area contributed by atoms with Gasteiger partial charge >= 0.3 is 0 Å². The van der Waals surface area contributed by atoms with Gasteiger partial charge < -0.3 is 19.3 Å². The molecule has 1 fully saturated rings. The third-order valence-corrected chi connectivity index (χ3v) is 7.39. The first kappa shape index (κ1) is 26.0. The number of ether oxygens (including phenoxy) is 3. The first-order valence-electron chi connectivity index (χ1n) is 12.6. The van der Waals surface area contributed by atoms with Gasteiger partial charge in [0.05, 0.1) is 32.5 Å². The second-order valence-electron chi connectivity index (χ2n) is 9.68. The van der Waals surface area contributed by atoms with Crippen molar-refractivity contribution in [2.75, 3.05) is 21.3 Å². The predicted octanol–water partition coefficient (Wildman–Crippen LogP) is 4.97. The Hall–Kier alpha value is -3.06. The number of aliphatic hydroxyl groups is 1. The maximum absolute atomic E-state index is 12.6. The van der Waals surface area contributed by atoms with Crippen molar-refractivity contribution in [3.8, 4) is 17.5 Å². The molecular weight excluding hydrogens is 451 g/mol. The maximum Gasteiger partial charge on any atom is 0.217 e. The largest absolute Gasteiger partial charge is 0.496 e. The zero-order valence-corrected chi connectivity index (χ0v) is 21.5. The molecule has 0 bridgehead atoms. The Morgan fingerprint density at radius 1 is 1.06 bits per heavy atom. The smallest absolute Gasteiger partial charge is 0.217 e. The zero-order valence-electron chi connectivity index (χ0n) is 21.5. The molecule has 1 aromatic carbocycles. The lowest BCUT2D eigenvalue weighted by Crippen LogP contribution is -2.36. The summed E-state index contributed by atoms with van der Waals surface area (Å²) in [5, 5.41) is 13.5. The van der Waals surface area contributed by atoms with Crippen LogP contribution in [0.15, 0.2) is 49.1 Å². The molecule has 2 heterocycles. The van der Waals surface area contributed by atoms with E-state index < -0.39 is 5.60 Å². The molecule has 2 aromatic heterocycles. The molecule has 2 unspecified atom stereocenters. The molecule has 2 atom stereocenters. The van der Waals surface area contributed by atoms with E-state index in [1.165, 1.54) is 19.3 Å². The van der Waals surface area contributed by atoms with Crippen LogP contribution < -0.4 is 19.7 Å². The highest BCUT2D eigenvalue weighted by Gasteiger charge is 2.43. The summed E-state index contributed by atoms with van der Waals surface area (Å²) in [6, 6.07) is 11.2. The normalized spacial score (nSPS) is 16.8. The van der Waals surface area contributed by atoms with Crippen LogP contribution in [0.5, 0.6) is 17.5 Å². The van der Waals surface area contributed by atoms with Crippen molar-refractivity contribution in [1.82, 2.24) is 9.97 Å². The van der Waals surface area contributed by atoms with Gasteiger partial charge in [-0.25, -0.2) is 9.97 Å². The molecule has 1 N–H and O–H groups in total. The van der Waals surface area contributed by atoms with Crippen LogP contribution in [0.3, 0.4) is 0 Å². The quantitative estimate of drug-likeness (QED) is 0.322. The number of nitrogens with zero attached hydrogens (tertiary/aromatic N) is 2. The standard InChI is InChI=1S/C29H35BN2O4/c1-5-13-29(33,26-17-22(34-2)18-27(32-26)35-3)24(14-19-9-7-6-8-10-19)23-16-20-15-21(30)11-12-25(20)31-28(23)36-4/h5,11-12,15-19,24,33H,1,6-10,13-14H2,2-4H3. The van der Waals surface area contributed by atoms with Crippen LogP contribution in [0, 0.1) is 5.92 Å². The third-order valence-electron chi connectivity index (χ3n) is 7.39. The number of hydrogen-bond acceptors (Lipinski definition) is 6. The van der Waals surface area contributed by atoms with Crippen LogP contribution in [0.4, 0.5) is 0 Å². The van der Waals surface area contributed by atoms with Crippen LogP contribution in [0.25, 0.3) is 10.9 Å². The summed E-state index contributed by atoms with van der Waals surface area (Å²) < 4.78 is 16.8. The number of fused-ring (bicyclic) bond motifs is 1. The number of aromatic nitrogens is 2. The third kappa shape index (κ3) is 5.36. The van der Waals surface area contributed by atoms with Crippen molar-refractivity contribution < 1.29 is 19.3 Å². The molecule has 0 spiro atoms. The van der Waals surface area contributed by atoms with Crippen LogP contribution in [-0.4, -0.2) is 44.3 Å². The zero-order chi connectivity index (χ0) is 25.7.